The van der Waals surface area contributed by atoms with Crippen LogP contribution >= 0.6 is 0 Å². The highest BCUT2D eigenvalue weighted by molar-refractivity contribution is 6.20. The van der Waals surface area contributed by atoms with Crippen LogP contribution in [0.3, 0.4) is 0 Å². The van der Waals surface area contributed by atoms with Crippen molar-refractivity contribution in [3.05, 3.63) is 29.8 Å². The third kappa shape index (κ3) is 2.28. The number of benzene rings is 1. The van der Waals surface area contributed by atoms with Crippen LogP contribution in [0.15, 0.2) is 24.3 Å². The lowest BCUT2D eigenvalue weighted by atomic mass is 10.0. The molecule has 0 bridgehead atoms. The lowest BCUT2D eigenvalue weighted by molar-refractivity contribution is -0.115. The number of likely N-dealkylation sites (N-methyl/N-ethyl adjacent to an activating group) is 1. The summed E-state index contributed by atoms with van der Waals surface area (Å²) in [5.41, 5.74) is 0.768. The van der Waals surface area contributed by atoms with E-state index in [2.05, 4.69) is 5.32 Å². The van der Waals surface area contributed by atoms with E-state index in [1.54, 1.807) is 13.0 Å². The molecule has 4 heteroatoms. The van der Waals surface area contributed by atoms with Gasteiger partial charge in [0.1, 0.15) is 11.5 Å². The average molecular weight is 207 g/mol. The number of carbonyl (C=O) groups is 1. The van der Waals surface area contributed by atoms with Gasteiger partial charge < -0.3 is 15.5 Å². The van der Waals surface area contributed by atoms with Gasteiger partial charge in [0.25, 0.3) is 5.91 Å². The molecular weight excluding hydrogens is 194 g/mol. The van der Waals surface area contributed by atoms with Crippen LogP contribution in [0.25, 0.3) is 5.57 Å². The molecule has 0 aromatic heterocycles. The molecule has 0 radical (unpaired) electrons. The standard InChI is InChI=1S/C11H13NO3/c1-3-8(11(15)12-2)9-5-4-7(13)6-10(9)14/h3-6,13-14H,1-2H3,(H,12,15)/b8-3-. The molecule has 0 unspecified atom stereocenters. The molecule has 80 valence electrons. The first-order chi connectivity index (χ1) is 7.10. The maximum absolute atomic E-state index is 11.4. The zero-order valence-electron chi connectivity index (χ0n) is 8.61. The minimum atomic E-state index is -0.279. The van der Waals surface area contributed by atoms with Gasteiger partial charge >= 0.3 is 0 Å². The molecule has 0 aliphatic carbocycles. The molecule has 0 aliphatic rings. The predicted molar refractivity (Wildman–Crippen MR) is 57.5 cm³/mol. The second-order valence-corrected chi connectivity index (χ2v) is 2.98. The highest BCUT2D eigenvalue weighted by Gasteiger charge is 2.13. The van der Waals surface area contributed by atoms with Gasteiger partial charge in [0, 0.05) is 24.3 Å². The topological polar surface area (TPSA) is 69.6 Å². The fourth-order valence-electron chi connectivity index (χ4n) is 1.29. The number of rotatable bonds is 2. The Labute approximate surface area is 87.9 Å². The Morgan fingerprint density at radius 1 is 1.40 bits per heavy atom. The van der Waals surface area contributed by atoms with E-state index in [4.69, 9.17) is 5.11 Å². The number of hydrogen-bond acceptors (Lipinski definition) is 3. The number of aromatic hydroxyl groups is 2. The summed E-state index contributed by atoms with van der Waals surface area (Å²) in [5.74, 6) is -0.436. The van der Waals surface area contributed by atoms with Gasteiger partial charge in [0.15, 0.2) is 0 Å². The molecule has 0 spiro atoms. The minimum Gasteiger partial charge on any atom is -0.508 e. The molecule has 0 heterocycles. The van der Waals surface area contributed by atoms with Crippen molar-refractivity contribution in [3.63, 3.8) is 0 Å². The van der Waals surface area contributed by atoms with Crippen molar-refractivity contribution in [2.24, 2.45) is 0 Å². The fraction of sp³-hybridized carbons (Fsp3) is 0.182. The predicted octanol–water partition coefficient (Wildman–Crippen LogP) is 1.25. The number of allylic oxidation sites excluding steroid dienone is 1. The lowest BCUT2D eigenvalue weighted by Gasteiger charge is -2.08. The van der Waals surface area contributed by atoms with E-state index < -0.39 is 0 Å². The maximum atomic E-state index is 11.4. The largest absolute Gasteiger partial charge is 0.508 e. The van der Waals surface area contributed by atoms with Gasteiger partial charge in [-0.25, -0.2) is 0 Å². The molecule has 3 N–H and O–H groups in total. The normalized spacial score (nSPS) is 11.2. The fourth-order valence-corrected chi connectivity index (χ4v) is 1.29. The van der Waals surface area contributed by atoms with Crippen LogP contribution in [0.1, 0.15) is 12.5 Å². The van der Waals surface area contributed by atoms with Gasteiger partial charge in [0.2, 0.25) is 0 Å². The van der Waals surface area contributed by atoms with Crippen LogP contribution in [-0.4, -0.2) is 23.2 Å². The van der Waals surface area contributed by atoms with Gasteiger partial charge in [-0.2, -0.15) is 0 Å². The second kappa shape index (κ2) is 4.50. The summed E-state index contributed by atoms with van der Waals surface area (Å²) < 4.78 is 0. The molecule has 4 nitrogen and oxygen atoms in total. The van der Waals surface area contributed by atoms with Crippen molar-refractivity contribution < 1.29 is 15.0 Å². The van der Waals surface area contributed by atoms with Crippen LogP contribution in [-0.2, 0) is 4.79 Å². The Morgan fingerprint density at radius 3 is 2.53 bits per heavy atom. The average Bonchev–Trinajstić information content (AvgIpc) is 2.21. The number of nitrogens with one attached hydrogen (secondary N) is 1. The number of hydrogen-bond donors (Lipinski definition) is 3. The summed E-state index contributed by atoms with van der Waals surface area (Å²) in [6.45, 7) is 1.71. The summed E-state index contributed by atoms with van der Waals surface area (Å²) in [6.07, 6.45) is 1.60. The first-order valence-electron chi connectivity index (χ1n) is 4.51. The smallest absolute Gasteiger partial charge is 0.251 e. The van der Waals surface area contributed by atoms with Crippen molar-refractivity contribution in [3.8, 4) is 11.5 Å². The Morgan fingerprint density at radius 2 is 2.07 bits per heavy atom. The SMILES string of the molecule is C/C=C(\C(=O)NC)c1ccc(O)cc1O. The van der Waals surface area contributed by atoms with Crippen LogP contribution in [0.4, 0.5) is 0 Å². The molecule has 1 rings (SSSR count). The summed E-state index contributed by atoms with van der Waals surface area (Å²) in [5, 5.41) is 21.1. The van der Waals surface area contributed by atoms with Gasteiger partial charge in [-0.3, -0.25) is 4.79 Å². The van der Waals surface area contributed by atoms with Crippen LogP contribution in [0, 0.1) is 0 Å². The molecule has 1 amide bonds. The summed E-state index contributed by atoms with van der Waals surface area (Å²) in [6, 6.07) is 4.11. The van der Waals surface area contributed by atoms with Crippen molar-refractivity contribution in [2.45, 2.75) is 6.92 Å². The van der Waals surface area contributed by atoms with E-state index in [1.807, 2.05) is 0 Å². The molecule has 0 aliphatic heterocycles. The summed E-state index contributed by atoms with van der Waals surface area (Å²) in [4.78, 5) is 11.4. The molecule has 1 aromatic rings. The number of amides is 1. The van der Waals surface area contributed by atoms with Crippen molar-refractivity contribution >= 4 is 11.5 Å². The quantitative estimate of drug-likeness (QED) is 0.639. The number of carbonyl (C=O) groups excluding carboxylic acids is 1. The summed E-state index contributed by atoms with van der Waals surface area (Å²) in [7, 11) is 1.52. The molecular formula is C11H13NO3. The third-order valence-corrected chi connectivity index (χ3v) is 2.03. The van der Waals surface area contributed by atoms with Gasteiger partial charge in [0.05, 0.1) is 0 Å². The van der Waals surface area contributed by atoms with Gasteiger partial charge in [-0.1, -0.05) is 6.08 Å². The highest BCUT2D eigenvalue weighted by Crippen LogP contribution is 2.28. The molecule has 1 aromatic carbocycles. The Bertz CT molecular complexity index is 410. The molecule has 0 atom stereocenters. The van der Waals surface area contributed by atoms with E-state index in [-0.39, 0.29) is 17.4 Å². The van der Waals surface area contributed by atoms with E-state index in [1.165, 1.54) is 25.2 Å². The second-order valence-electron chi connectivity index (χ2n) is 2.98. The van der Waals surface area contributed by atoms with E-state index >= 15 is 0 Å². The molecule has 15 heavy (non-hydrogen) atoms. The van der Waals surface area contributed by atoms with Crippen LogP contribution < -0.4 is 5.32 Å². The lowest BCUT2D eigenvalue weighted by Crippen LogP contribution is -2.19. The first-order valence-corrected chi connectivity index (χ1v) is 4.51. The zero-order chi connectivity index (χ0) is 11.4. The van der Waals surface area contributed by atoms with Crippen molar-refractivity contribution in [1.82, 2.24) is 5.32 Å². The van der Waals surface area contributed by atoms with Crippen molar-refractivity contribution in [1.29, 1.82) is 0 Å². The number of phenolic OH excluding ortho intramolecular Hbond substituents is 2. The maximum Gasteiger partial charge on any atom is 0.251 e. The van der Waals surface area contributed by atoms with Gasteiger partial charge in [-0.05, 0) is 19.1 Å². The monoisotopic (exact) mass is 207 g/mol. The first kappa shape index (κ1) is 11.1. The molecule has 0 saturated carbocycles. The zero-order valence-corrected chi connectivity index (χ0v) is 8.61. The Hall–Kier alpha value is -1.97. The van der Waals surface area contributed by atoms with Crippen molar-refractivity contribution in [2.75, 3.05) is 7.05 Å². The third-order valence-electron chi connectivity index (χ3n) is 2.03. The summed E-state index contributed by atoms with van der Waals surface area (Å²) >= 11 is 0. The Balaban J connectivity index is 3.20. The van der Waals surface area contributed by atoms with Crippen LogP contribution in [0.5, 0.6) is 11.5 Å². The highest BCUT2D eigenvalue weighted by atomic mass is 16.3. The van der Waals surface area contributed by atoms with E-state index in [0.717, 1.165) is 0 Å². The van der Waals surface area contributed by atoms with Gasteiger partial charge in [-0.15, -0.1) is 0 Å². The minimum absolute atomic E-state index is 0.0383. The van der Waals surface area contributed by atoms with Crippen LogP contribution in [0.2, 0.25) is 0 Å². The Kier molecular flexibility index (Phi) is 3.33. The molecule has 0 saturated heterocycles. The van der Waals surface area contributed by atoms with E-state index in [0.29, 0.717) is 11.1 Å². The van der Waals surface area contributed by atoms with E-state index in [9.17, 15) is 9.90 Å². The number of phenols is 2. The molecule has 0 fully saturated rings.